The summed E-state index contributed by atoms with van der Waals surface area (Å²) >= 11 is 0. The third-order valence-electron chi connectivity index (χ3n) is 4.56. The van der Waals surface area contributed by atoms with Crippen molar-refractivity contribution in [3.8, 4) is 11.5 Å². The molecule has 0 saturated carbocycles. The quantitative estimate of drug-likeness (QED) is 0.732. The summed E-state index contributed by atoms with van der Waals surface area (Å²) in [5.41, 5.74) is 2.78. The molecule has 0 N–H and O–H groups in total. The number of aryl methyl sites for hydroxylation is 3. The monoisotopic (exact) mass is 335 g/mol. The topological polar surface area (TPSA) is 72.6 Å². The Bertz CT molecular complexity index is 902. The van der Waals surface area contributed by atoms with E-state index in [9.17, 15) is 0 Å². The van der Waals surface area contributed by atoms with E-state index in [1.807, 2.05) is 43.8 Å². The van der Waals surface area contributed by atoms with Gasteiger partial charge in [0.1, 0.15) is 17.8 Å². The van der Waals surface area contributed by atoms with Crippen molar-refractivity contribution in [1.29, 1.82) is 0 Å². The van der Waals surface area contributed by atoms with Gasteiger partial charge in [0.2, 0.25) is 0 Å². The Kier molecular flexibility index (Phi) is 3.91. The van der Waals surface area contributed by atoms with Crippen molar-refractivity contribution >= 4 is 5.82 Å². The minimum absolute atomic E-state index is 0.133. The van der Waals surface area contributed by atoms with Crippen LogP contribution in [0, 0.1) is 13.8 Å². The second-order valence-electron chi connectivity index (χ2n) is 6.48. The summed E-state index contributed by atoms with van der Waals surface area (Å²) in [4.78, 5) is 24.9. The van der Waals surface area contributed by atoms with Crippen LogP contribution in [0.25, 0.3) is 11.5 Å². The van der Waals surface area contributed by atoms with Gasteiger partial charge in [0.25, 0.3) is 0 Å². The lowest BCUT2D eigenvalue weighted by Gasteiger charge is -2.25. The minimum Gasteiger partial charge on any atom is -0.346 e. The number of imidazole rings is 1. The zero-order valence-electron chi connectivity index (χ0n) is 14.7. The van der Waals surface area contributed by atoms with Crippen molar-refractivity contribution in [2.24, 2.45) is 7.05 Å². The van der Waals surface area contributed by atoms with Gasteiger partial charge in [-0.25, -0.2) is 24.9 Å². The highest BCUT2D eigenvalue weighted by Crippen LogP contribution is 2.34. The average molecular weight is 335 g/mol. The third-order valence-corrected chi connectivity index (χ3v) is 4.56. The van der Waals surface area contributed by atoms with E-state index in [-0.39, 0.29) is 6.04 Å². The lowest BCUT2D eigenvalue weighted by atomic mass is 10.2. The molecule has 1 aliphatic rings. The fourth-order valence-electron chi connectivity index (χ4n) is 3.37. The standard InChI is InChI=1S/C18H21N7/c1-12-10-16(21-11-20-12)25-7-4-5-15(25)17-22-13(2)9-14(23-17)18-19-6-8-24(18)3/h6,8-11,15H,4-5,7H2,1-3H3/t15-/m0/s1. The lowest BCUT2D eigenvalue weighted by molar-refractivity contribution is 0.656. The molecule has 0 radical (unpaired) electrons. The first-order chi connectivity index (χ1) is 12.1. The smallest absolute Gasteiger partial charge is 0.158 e. The van der Waals surface area contributed by atoms with E-state index >= 15 is 0 Å². The van der Waals surface area contributed by atoms with Crippen LogP contribution in [-0.4, -0.2) is 36.0 Å². The van der Waals surface area contributed by atoms with E-state index in [0.717, 1.165) is 53.9 Å². The van der Waals surface area contributed by atoms with Gasteiger partial charge in [0.05, 0.1) is 6.04 Å². The first kappa shape index (κ1) is 15.7. The molecule has 7 nitrogen and oxygen atoms in total. The number of hydrogen-bond donors (Lipinski definition) is 0. The number of aromatic nitrogens is 6. The maximum absolute atomic E-state index is 4.84. The van der Waals surface area contributed by atoms with Crippen LogP contribution in [0.15, 0.2) is 30.9 Å². The van der Waals surface area contributed by atoms with E-state index in [1.165, 1.54) is 0 Å². The predicted molar refractivity (Wildman–Crippen MR) is 95.1 cm³/mol. The molecule has 3 aromatic rings. The van der Waals surface area contributed by atoms with Crippen molar-refractivity contribution in [3.63, 3.8) is 0 Å². The molecule has 0 unspecified atom stereocenters. The van der Waals surface area contributed by atoms with Crippen molar-refractivity contribution in [3.05, 3.63) is 48.1 Å². The van der Waals surface area contributed by atoms with Crippen molar-refractivity contribution in [1.82, 2.24) is 29.5 Å². The molecule has 25 heavy (non-hydrogen) atoms. The maximum Gasteiger partial charge on any atom is 0.158 e. The molecule has 7 heteroatoms. The molecule has 0 spiro atoms. The summed E-state index contributed by atoms with van der Waals surface area (Å²) in [6, 6.07) is 4.14. The fourth-order valence-corrected chi connectivity index (χ4v) is 3.37. The first-order valence-corrected chi connectivity index (χ1v) is 8.50. The number of anilines is 1. The Morgan fingerprint density at radius 2 is 1.92 bits per heavy atom. The normalized spacial score (nSPS) is 17.2. The van der Waals surface area contributed by atoms with Gasteiger partial charge in [-0.05, 0) is 32.8 Å². The Morgan fingerprint density at radius 3 is 2.68 bits per heavy atom. The second-order valence-corrected chi connectivity index (χ2v) is 6.48. The Labute approximate surface area is 146 Å². The molecule has 0 amide bonds. The van der Waals surface area contributed by atoms with E-state index in [1.54, 1.807) is 12.5 Å². The van der Waals surface area contributed by atoms with Crippen LogP contribution in [0.4, 0.5) is 5.82 Å². The molecule has 0 bridgehead atoms. The highest BCUT2D eigenvalue weighted by molar-refractivity contribution is 5.51. The highest BCUT2D eigenvalue weighted by atomic mass is 15.3. The van der Waals surface area contributed by atoms with Gasteiger partial charge in [-0.15, -0.1) is 0 Å². The molecule has 0 aliphatic carbocycles. The van der Waals surface area contributed by atoms with Gasteiger partial charge < -0.3 is 9.47 Å². The van der Waals surface area contributed by atoms with Gasteiger partial charge in [0.15, 0.2) is 11.6 Å². The van der Waals surface area contributed by atoms with E-state index < -0.39 is 0 Å². The zero-order valence-corrected chi connectivity index (χ0v) is 14.7. The lowest BCUT2D eigenvalue weighted by Crippen LogP contribution is -2.25. The van der Waals surface area contributed by atoms with E-state index in [2.05, 4.69) is 19.9 Å². The summed E-state index contributed by atoms with van der Waals surface area (Å²) in [5, 5.41) is 0. The van der Waals surface area contributed by atoms with Gasteiger partial charge in [-0.2, -0.15) is 0 Å². The van der Waals surface area contributed by atoms with Crippen LogP contribution < -0.4 is 4.90 Å². The van der Waals surface area contributed by atoms with Crippen molar-refractivity contribution in [2.75, 3.05) is 11.4 Å². The largest absolute Gasteiger partial charge is 0.346 e. The van der Waals surface area contributed by atoms with Crippen LogP contribution >= 0.6 is 0 Å². The molecule has 4 heterocycles. The summed E-state index contributed by atoms with van der Waals surface area (Å²) in [7, 11) is 1.98. The van der Waals surface area contributed by atoms with E-state index in [0.29, 0.717) is 0 Å². The maximum atomic E-state index is 4.84. The van der Waals surface area contributed by atoms with Gasteiger partial charge in [0, 0.05) is 43.4 Å². The number of hydrogen-bond acceptors (Lipinski definition) is 6. The van der Waals surface area contributed by atoms with Crippen LogP contribution in [0.1, 0.15) is 36.1 Å². The molecule has 1 atom stereocenters. The molecular weight excluding hydrogens is 314 g/mol. The fraction of sp³-hybridized carbons (Fsp3) is 0.389. The summed E-state index contributed by atoms with van der Waals surface area (Å²) in [6.45, 7) is 4.94. The summed E-state index contributed by atoms with van der Waals surface area (Å²) < 4.78 is 1.98. The molecule has 4 rings (SSSR count). The predicted octanol–water partition coefficient (Wildman–Crippen LogP) is 2.63. The van der Waals surface area contributed by atoms with Crippen LogP contribution in [0.3, 0.4) is 0 Å². The molecule has 1 saturated heterocycles. The van der Waals surface area contributed by atoms with Gasteiger partial charge >= 0.3 is 0 Å². The van der Waals surface area contributed by atoms with E-state index in [4.69, 9.17) is 9.97 Å². The zero-order chi connectivity index (χ0) is 17.4. The highest BCUT2D eigenvalue weighted by Gasteiger charge is 2.30. The molecule has 1 fully saturated rings. The molecule has 3 aromatic heterocycles. The van der Waals surface area contributed by atoms with Crippen LogP contribution in [0.2, 0.25) is 0 Å². The molecule has 1 aliphatic heterocycles. The molecular formula is C18H21N7. The van der Waals surface area contributed by atoms with Crippen molar-refractivity contribution in [2.45, 2.75) is 32.7 Å². The average Bonchev–Trinajstić information content (AvgIpc) is 3.23. The van der Waals surface area contributed by atoms with Crippen LogP contribution in [-0.2, 0) is 7.05 Å². The number of rotatable bonds is 3. The minimum atomic E-state index is 0.133. The van der Waals surface area contributed by atoms with Crippen LogP contribution in [0.5, 0.6) is 0 Å². The Balaban J connectivity index is 1.73. The SMILES string of the molecule is Cc1cc(N2CCC[C@H]2c2nc(C)cc(-c3nccn3C)n2)ncn1. The van der Waals surface area contributed by atoms with Gasteiger partial charge in [-0.1, -0.05) is 0 Å². The molecule has 128 valence electrons. The van der Waals surface area contributed by atoms with Gasteiger partial charge in [-0.3, -0.25) is 0 Å². The summed E-state index contributed by atoms with van der Waals surface area (Å²) in [6.07, 6.45) is 7.46. The third kappa shape index (κ3) is 2.97. The first-order valence-electron chi connectivity index (χ1n) is 8.50. The second kappa shape index (κ2) is 6.23. The number of nitrogens with zero attached hydrogens (tertiary/aromatic N) is 7. The van der Waals surface area contributed by atoms with Crippen molar-refractivity contribution < 1.29 is 0 Å². The summed E-state index contributed by atoms with van der Waals surface area (Å²) in [5.74, 6) is 2.64. The Hall–Kier alpha value is -2.83. The molecule has 0 aromatic carbocycles. The Morgan fingerprint density at radius 1 is 1.04 bits per heavy atom.